The van der Waals surface area contributed by atoms with Crippen molar-refractivity contribution >= 4 is 29.2 Å². The molecule has 1 N–H and O–H groups in total. The van der Waals surface area contributed by atoms with Crippen LogP contribution < -0.4 is 5.32 Å². The molecule has 100 valence electrons. The van der Waals surface area contributed by atoms with Crippen molar-refractivity contribution in [1.82, 2.24) is 5.32 Å². The van der Waals surface area contributed by atoms with Crippen LogP contribution >= 0.6 is 23.2 Å². The zero-order valence-corrected chi connectivity index (χ0v) is 12.2. The maximum absolute atomic E-state index is 12.0. The predicted octanol–water partition coefficient (Wildman–Crippen LogP) is 3.38. The highest BCUT2D eigenvalue weighted by atomic mass is 35.5. The minimum atomic E-state index is -0.966. The Morgan fingerprint density at radius 3 is 2.61 bits per heavy atom. The third-order valence-electron chi connectivity index (χ3n) is 2.79. The molecule has 0 amide bonds. The third kappa shape index (κ3) is 3.16. The lowest BCUT2D eigenvalue weighted by atomic mass is 9.91. The van der Waals surface area contributed by atoms with Crippen LogP contribution in [0, 0.1) is 0 Å². The third-order valence-corrected chi connectivity index (χ3v) is 3.34. The first-order valence-electron chi connectivity index (χ1n) is 5.74. The van der Waals surface area contributed by atoms with Crippen molar-refractivity contribution in [2.45, 2.75) is 25.8 Å². The number of hydrogen-bond donors (Lipinski definition) is 1. The molecular weight excluding hydrogens is 273 g/mol. The number of esters is 1. The molecule has 0 heterocycles. The van der Waals surface area contributed by atoms with Crippen LogP contribution in [0.15, 0.2) is 18.2 Å². The number of carbonyl (C=O) groups is 1. The zero-order chi connectivity index (χ0) is 13.8. The highest BCUT2D eigenvalue weighted by Crippen LogP contribution is 2.31. The number of halogens is 2. The molecule has 0 aliphatic heterocycles. The van der Waals surface area contributed by atoms with Gasteiger partial charge in [-0.2, -0.15) is 0 Å². The predicted molar refractivity (Wildman–Crippen MR) is 74.1 cm³/mol. The van der Waals surface area contributed by atoms with E-state index in [1.807, 2.05) is 6.92 Å². The summed E-state index contributed by atoms with van der Waals surface area (Å²) in [5.74, 6) is -0.375. The molecule has 1 atom stereocenters. The summed E-state index contributed by atoms with van der Waals surface area (Å²) in [6.07, 6.45) is 0.901. The van der Waals surface area contributed by atoms with Crippen molar-refractivity contribution in [3.63, 3.8) is 0 Å². The minimum Gasteiger partial charge on any atom is -0.467 e. The molecule has 1 aromatic carbocycles. The molecule has 0 radical (unpaired) electrons. The molecular formula is C13H17Cl2NO2. The van der Waals surface area contributed by atoms with Crippen molar-refractivity contribution < 1.29 is 9.53 Å². The second-order valence-corrected chi connectivity index (χ2v) is 5.01. The Hall–Kier alpha value is -0.770. The van der Waals surface area contributed by atoms with Crippen LogP contribution in [-0.2, 0) is 15.1 Å². The van der Waals surface area contributed by atoms with E-state index in [1.54, 1.807) is 25.1 Å². The number of hydrogen-bond acceptors (Lipinski definition) is 3. The fraction of sp³-hybridized carbons (Fsp3) is 0.462. The van der Waals surface area contributed by atoms with Gasteiger partial charge in [-0.25, -0.2) is 4.79 Å². The van der Waals surface area contributed by atoms with E-state index in [0.29, 0.717) is 22.2 Å². The van der Waals surface area contributed by atoms with Crippen LogP contribution in [0.3, 0.4) is 0 Å². The summed E-state index contributed by atoms with van der Waals surface area (Å²) in [7, 11) is 1.36. The second kappa shape index (κ2) is 6.41. The first-order valence-corrected chi connectivity index (χ1v) is 6.50. The molecule has 0 aliphatic rings. The fourth-order valence-corrected chi connectivity index (χ4v) is 2.35. The molecule has 0 fully saturated rings. The summed E-state index contributed by atoms with van der Waals surface area (Å²) in [6.45, 7) is 4.46. The topological polar surface area (TPSA) is 38.3 Å². The summed E-state index contributed by atoms with van der Waals surface area (Å²) < 4.78 is 4.86. The van der Waals surface area contributed by atoms with Crippen LogP contribution in [0.25, 0.3) is 0 Å². The molecule has 0 aliphatic carbocycles. The first-order chi connectivity index (χ1) is 8.45. The van der Waals surface area contributed by atoms with Crippen LogP contribution in [0.1, 0.15) is 25.8 Å². The Morgan fingerprint density at radius 1 is 1.44 bits per heavy atom. The summed E-state index contributed by atoms with van der Waals surface area (Å²) in [4.78, 5) is 12.0. The van der Waals surface area contributed by atoms with Crippen molar-refractivity contribution in [3.05, 3.63) is 33.8 Å². The van der Waals surface area contributed by atoms with E-state index in [1.165, 1.54) is 7.11 Å². The van der Waals surface area contributed by atoms with Gasteiger partial charge < -0.3 is 4.74 Å². The molecule has 0 bridgehead atoms. The van der Waals surface area contributed by atoms with Crippen molar-refractivity contribution in [1.29, 1.82) is 0 Å². The Morgan fingerprint density at radius 2 is 2.11 bits per heavy atom. The van der Waals surface area contributed by atoms with Crippen molar-refractivity contribution in [2.24, 2.45) is 0 Å². The van der Waals surface area contributed by atoms with E-state index in [0.717, 1.165) is 6.42 Å². The lowest BCUT2D eigenvalue weighted by Crippen LogP contribution is -2.47. The Bertz CT molecular complexity index is 437. The van der Waals surface area contributed by atoms with Crippen molar-refractivity contribution in [3.8, 4) is 0 Å². The van der Waals surface area contributed by atoms with E-state index in [-0.39, 0.29) is 5.97 Å². The number of ether oxygens (including phenoxy) is 1. The van der Waals surface area contributed by atoms with Crippen LogP contribution in [-0.4, -0.2) is 19.6 Å². The Balaban J connectivity index is 3.20. The fourth-order valence-electron chi connectivity index (χ4n) is 1.75. The lowest BCUT2D eigenvalue weighted by molar-refractivity contribution is -0.148. The number of benzene rings is 1. The molecule has 5 heteroatoms. The van der Waals surface area contributed by atoms with Crippen LogP contribution in [0.2, 0.25) is 10.0 Å². The van der Waals surface area contributed by atoms with Crippen LogP contribution in [0.4, 0.5) is 0 Å². The summed E-state index contributed by atoms with van der Waals surface area (Å²) in [5.41, 5.74) is -0.305. The summed E-state index contributed by atoms with van der Waals surface area (Å²) >= 11 is 12.0. The van der Waals surface area contributed by atoms with Crippen LogP contribution in [0.5, 0.6) is 0 Å². The maximum Gasteiger partial charge on any atom is 0.330 e. The largest absolute Gasteiger partial charge is 0.467 e. The van der Waals surface area contributed by atoms with E-state index < -0.39 is 5.54 Å². The number of nitrogens with one attached hydrogen (secondary N) is 1. The molecule has 0 spiro atoms. The number of carbonyl (C=O) groups excluding carboxylic acids is 1. The average Bonchev–Trinajstić information content (AvgIpc) is 2.34. The SMILES string of the molecule is CCCNC(C)(C(=O)OC)c1ccc(Cl)cc1Cl. The Kier molecular flexibility index (Phi) is 5.45. The van der Waals surface area contributed by atoms with Gasteiger partial charge in [-0.3, -0.25) is 5.32 Å². The number of methoxy groups -OCH3 is 1. The average molecular weight is 290 g/mol. The Labute approximate surface area is 117 Å². The van der Waals surface area contributed by atoms with Gasteiger partial charge in [0.25, 0.3) is 0 Å². The van der Waals surface area contributed by atoms with E-state index in [2.05, 4.69) is 5.32 Å². The highest BCUT2D eigenvalue weighted by Gasteiger charge is 2.37. The molecule has 0 saturated carbocycles. The van der Waals surface area contributed by atoms with Gasteiger partial charge >= 0.3 is 5.97 Å². The van der Waals surface area contributed by atoms with Gasteiger partial charge in [0.1, 0.15) is 5.54 Å². The highest BCUT2D eigenvalue weighted by molar-refractivity contribution is 6.35. The summed E-state index contributed by atoms with van der Waals surface area (Å²) in [6, 6.07) is 5.06. The summed E-state index contributed by atoms with van der Waals surface area (Å²) in [5, 5.41) is 4.15. The second-order valence-electron chi connectivity index (χ2n) is 4.17. The van der Waals surface area contributed by atoms with Crippen molar-refractivity contribution in [2.75, 3.05) is 13.7 Å². The van der Waals surface area contributed by atoms with Gasteiger partial charge in [-0.05, 0) is 32.0 Å². The maximum atomic E-state index is 12.0. The van der Waals surface area contributed by atoms with Gasteiger partial charge in [0.2, 0.25) is 0 Å². The zero-order valence-electron chi connectivity index (χ0n) is 10.7. The van der Waals surface area contributed by atoms with E-state index >= 15 is 0 Å². The van der Waals surface area contributed by atoms with Gasteiger partial charge in [0, 0.05) is 15.6 Å². The molecule has 3 nitrogen and oxygen atoms in total. The monoisotopic (exact) mass is 289 g/mol. The van der Waals surface area contributed by atoms with Gasteiger partial charge in [0.05, 0.1) is 7.11 Å². The lowest BCUT2D eigenvalue weighted by Gasteiger charge is -2.29. The number of rotatable bonds is 5. The normalized spacial score (nSPS) is 14.1. The van der Waals surface area contributed by atoms with Gasteiger partial charge in [-0.15, -0.1) is 0 Å². The van der Waals surface area contributed by atoms with Gasteiger partial charge in [-0.1, -0.05) is 36.2 Å². The smallest absolute Gasteiger partial charge is 0.330 e. The van der Waals surface area contributed by atoms with Gasteiger partial charge in [0.15, 0.2) is 0 Å². The first kappa shape index (κ1) is 15.3. The molecule has 1 aromatic rings. The molecule has 1 unspecified atom stereocenters. The minimum absolute atomic E-state index is 0.375. The quantitative estimate of drug-likeness (QED) is 0.845. The molecule has 1 rings (SSSR count). The molecule has 0 saturated heterocycles. The molecule has 0 aromatic heterocycles. The van der Waals surface area contributed by atoms with E-state index in [9.17, 15) is 4.79 Å². The van der Waals surface area contributed by atoms with E-state index in [4.69, 9.17) is 27.9 Å². The molecule has 18 heavy (non-hydrogen) atoms. The standard InChI is InChI=1S/C13H17Cl2NO2/c1-4-7-16-13(2,12(17)18-3)10-6-5-9(14)8-11(10)15/h5-6,8,16H,4,7H2,1-3H3.